The number of benzene rings is 2. The molecule has 0 spiro atoms. The molecule has 1 fully saturated rings. The summed E-state index contributed by atoms with van der Waals surface area (Å²) in [5.74, 6) is 0.750. The molecule has 0 saturated carbocycles. The van der Waals surface area contributed by atoms with E-state index in [1.54, 1.807) is 19.2 Å². The second kappa shape index (κ2) is 8.13. The summed E-state index contributed by atoms with van der Waals surface area (Å²) in [4.78, 5) is 6.02. The molecular weight excluding hydrogens is 339 g/mol. The average Bonchev–Trinajstić information content (AvgIpc) is 3.30. The molecule has 1 aliphatic heterocycles. The van der Waals surface area contributed by atoms with Crippen molar-refractivity contribution in [2.45, 2.75) is 38.1 Å². The minimum absolute atomic E-state index is 0.159. The molecule has 2 heterocycles. The molecule has 27 heavy (non-hydrogen) atoms. The predicted molar refractivity (Wildman–Crippen MR) is 108 cm³/mol. The highest BCUT2D eigenvalue weighted by molar-refractivity contribution is 5.84. The van der Waals surface area contributed by atoms with Crippen LogP contribution in [0.3, 0.4) is 0 Å². The van der Waals surface area contributed by atoms with Crippen molar-refractivity contribution in [3.8, 4) is 5.75 Å². The van der Waals surface area contributed by atoms with E-state index in [0.29, 0.717) is 6.04 Å². The molecule has 3 nitrogen and oxygen atoms in total. The molecule has 0 aliphatic carbocycles. The van der Waals surface area contributed by atoms with Crippen LogP contribution >= 0.6 is 0 Å². The Hall–Kier alpha value is -2.33. The van der Waals surface area contributed by atoms with Gasteiger partial charge in [0.1, 0.15) is 11.6 Å². The highest BCUT2D eigenvalue weighted by Crippen LogP contribution is 2.28. The van der Waals surface area contributed by atoms with Gasteiger partial charge in [-0.1, -0.05) is 12.1 Å². The van der Waals surface area contributed by atoms with E-state index in [9.17, 15) is 4.39 Å². The molecule has 2 aromatic carbocycles. The summed E-state index contributed by atoms with van der Waals surface area (Å²) in [6.07, 6.45) is 7.88. The maximum Gasteiger partial charge on any atom is 0.123 e. The molecule has 1 aliphatic rings. The van der Waals surface area contributed by atoms with Gasteiger partial charge in [0, 0.05) is 23.1 Å². The van der Waals surface area contributed by atoms with Gasteiger partial charge in [0.2, 0.25) is 0 Å². The number of rotatable bonds is 7. The number of aromatic amines is 1. The maximum absolute atomic E-state index is 13.0. The maximum atomic E-state index is 13.0. The van der Waals surface area contributed by atoms with Crippen LogP contribution in [0.4, 0.5) is 4.39 Å². The summed E-state index contributed by atoms with van der Waals surface area (Å²) in [7, 11) is 1.72. The second-order valence-electron chi connectivity index (χ2n) is 7.49. The number of hydrogen-bond acceptors (Lipinski definition) is 2. The van der Waals surface area contributed by atoms with E-state index in [1.807, 2.05) is 18.2 Å². The van der Waals surface area contributed by atoms with Crippen molar-refractivity contribution in [3.05, 3.63) is 65.6 Å². The van der Waals surface area contributed by atoms with Crippen LogP contribution in [0.2, 0.25) is 0 Å². The van der Waals surface area contributed by atoms with E-state index in [4.69, 9.17) is 4.74 Å². The van der Waals surface area contributed by atoms with Crippen LogP contribution in [0.15, 0.2) is 48.7 Å². The van der Waals surface area contributed by atoms with Crippen LogP contribution in [-0.2, 0) is 12.8 Å². The molecule has 1 N–H and O–H groups in total. The van der Waals surface area contributed by atoms with Gasteiger partial charge in [0.25, 0.3) is 0 Å². The van der Waals surface area contributed by atoms with Crippen LogP contribution in [0.5, 0.6) is 5.75 Å². The third kappa shape index (κ3) is 4.16. The van der Waals surface area contributed by atoms with Crippen molar-refractivity contribution >= 4 is 10.9 Å². The Kier molecular flexibility index (Phi) is 5.44. The molecule has 1 saturated heterocycles. The number of methoxy groups -OCH3 is 1. The third-order valence-electron chi connectivity index (χ3n) is 5.75. The summed E-state index contributed by atoms with van der Waals surface area (Å²) in [5, 5.41) is 1.27. The van der Waals surface area contributed by atoms with Gasteiger partial charge >= 0.3 is 0 Å². The Balaban J connectivity index is 1.37. The Morgan fingerprint density at radius 3 is 2.85 bits per heavy atom. The predicted octanol–water partition coefficient (Wildman–Crippen LogP) is 4.96. The molecule has 4 heteroatoms. The topological polar surface area (TPSA) is 28.3 Å². The summed E-state index contributed by atoms with van der Waals surface area (Å²) in [6.45, 7) is 2.29. The molecule has 4 rings (SSSR count). The number of aromatic nitrogens is 1. The fourth-order valence-electron chi connectivity index (χ4n) is 4.27. The molecule has 0 unspecified atom stereocenters. The minimum Gasteiger partial charge on any atom is -0.497 e. The fourth-order valence-corrected chi connectivity index (χ4v) is 4.27. The van der Waals surface area contributed by atoms with Crippen molar-refractivity contribution in [2.75, 3.05) is 20.2 Å². The molecule has 0 amide bonds. The van der Waals surface area contributed by atoms with E-state index in [-0.39, 0.29) is 5.82 Å². The van der Waals surface area contributed by atoms with Gasteiger partial charge in [0.05, 0.1) is 7.11 Å². The SMILES string of the molecule is COc1ccc2[nH]cc(C[C@H]3CCCN3CCCc3ccc(F)cc3)c2c1. The van der Waals surface area contributed by atoms with E-state index in [0.717, 1.165) is 31.6 Å². The van der Waals surface area contributed by atoms with Gasteiger partial charge in [-0.2, -0.15) is 0 Å². The van der Waals surface area contributed by atoms with Gasteiger partial charge in [-0.05, 0) is 86.7 Å². The van der Waals surface area contributed by atoms with Crippen molar-refractivity contribution in [2.24, 2.45) is 0 Å². The lowest BCUT2D eigenvalue weighted by atomic mass is 10.0. The molecule has 1 atom stereocenters. The molecule has 0 radical (unpaired) electrons. The largest absolute Gasteiger partial charge is 0.497 e. The number of likely N-dealkylation sites (tertiary alicyclic amines) is 1. The van der Waals surface area contributed by atoms with E-state index < -0.39 is 0 Å². The number of aryl methyl sites for hydroxylation is 1. The molecule has 142 valence electrons. The lowest BCUT2D eigenvalue weighted by Gasteiger charge is -2.24. The molecule has 3 aromatic rings. The van der Waals surface area contributed by atoms with Crippen LogP contribution in [0, 0.1) is 5.82 Å². The highest BCUT2D eigenvalue weighted by atomic mass is 19.1. The average molecular weight is 366 g/mol. The Morgan fingerprint density at radius 1 is 1.19 bits per heavy atom. The standard InChI is InChI=1S/C23H27FN2O/c1-27-21-10-11-23-22(15-21)18(16-25-23)14-20-5-3-13-26(20)12-2-4-17-6-8-19(24)9-7-17/h6-11,15-16,20,25H,2-5,12-14H2,1H3/t20-/m1/s1. The van der Waals surface area contributed by atoms with Crippen molar-refractivity contribution in [3.63, 3.8) is 0 Å². The summed E-state index contributed by atoms with van der Waals surface area (Å²) < 4.78 is 18.4. The number of nitrogens with one attached hydrogen (secondary N) is 1. The summed E-state index contributed by atoms with van der Waals surface area (Å²) in [6, 6.07) is 13.7. The number of halogens is 1. The summed E-state index contributed by atoms with van der Waals surface area (Å²) in [5.41, 5.74) is 3.77. The number of fused-ring (bicyclic) bond motifs is 1. The zero-order valence-corrected chi connectivity index (χ0v) is 15.9. The Morgan fingerprint density at radius 2 is 2.04 bits per heavy atom. The molecule has 0 bridgehead atoms. The number of nitrogens with zero attached hydrogens (tertiary/aromatic N) is 1. The van der Waals surface area contributed by atoms with Crippen molar-refractivity contribution in [1.82, 2.24) is 9.88 Å². The smallest absolute Gasteiger partial charge is 0.123 e. The van der Waals surface area contributed by atoms with Crippen LogP contribution in [0.1, 0.15) is 30.4 Å². The van der Waals surface area contributed by atoms with Gasteiger partial charge < -0.3 is 14.6 Å². The first-order valence-electron chi connectivity index (χ1n) is 9.85. The fraction of sp³-hybridized carbons (Fsp3) is 0.391. The van der Waals surface area contributed by atoms with E-state index in [2.05, 4.69) is 28.2 Å². The van der Waals surface area contributed by atoms with Gasteiger partial charge in [-0.15, -0.1) is 0 Å². The van der Waals surface area contributed by atoms with E-state index in [1.165, 1.54) is 41.4 Å². The van der Waals surface area contributed by atoms with Crippen molar-refractivity contribution in [1.29, 1.82) is 0 Å². The highest BCUT2D eigenvalue weighted by Gasteiger charge is 2.25. The van der Waals surface area contributed by atoms with Crippen LogP contribution in [0.25, 0.3) is 10.9 Å². The first kappa shape index (κ1) is 18.1. The van der Waals surface area contributed by atoms with Gasteiger partial charge in [-0.3, -0.25) is 0 Å². The van der Waals surface area contributed by atoms with Crippen molar-refractivity contribution < 1.29 is 9.13 Å². The Bertz CT molecular complexity index is 887. The lowest BCUT2D eigenvalue weighted by Crippen LogP contribution is -2.32. The first-order valence-corrected chi connectivity index (χ1v) is 9.85. The van der Waals surface area contributed by atoms with E-state index >= 15 is 0 Å². The number of H-pyrrole nitrogens is 1. The first-order chi connectivity index (χ1) is 13.2. The van der Waals surface area contributed by atoms with Gasteiger partial charge in [0.15, 0.2) is 0 Å². The zero-order valence-electron chi connectivity index (χ0n) is 15.9. The van der Waals surface area contributed by atoms with Crippen LogP contribution in [-0.4, -0.2) is 36.1 Å². The van der Waals surface area contributed by atoms with Crippen LogP contribution < -0.4 is 4.74 Å². The molecular formula is C23H27FN2O. The zero-order chi connectivity index (χ0) is 18.6. The Labute approximate surface area is 160 Å². The molecule has 1 aromatic heterocycles. The third-order valence-corrected chi connectivity index (χ3v) is 5.75. The number of hydrogen-bond donors (Lipinski definition) is 1. The minimum atomic E-state index is -0.159. The number of ether oxygens (including phenoxy) is 1. The quantitative estimate of drug-likeness (QED) is 0.640. The second-order valence-corrected chi connectivity index (χ2v) is 7.49. The summed E-state index contributed by atoms with van der Waals surface area (Å²) >= 11 is 0. The van der Waals surface area contributed by atoms with Gasteiger partial charge in [-0.25, -0.2) is 4.39 Å². The normalized spacial score (nSPS) is 17.6. The monoisotopic (exact) mass is 366 g/mol. The lowest BCUT2D eigenvalue weighted by molar-refractivity contribution is 0.250.